The van der Waals surface area contributed by atoms with Crippen LogP contribution in [0.2, 0.25) is 5.02 Å². The lowest BCUT2D eigenvalue weighted by Crippen LogP contribution is -2.40. The first-order valence-corrected chi connectivity index (χ1v) is 11.1. The molecule has 0 radical (unpaired) electrons. The fourth-order valence-electron chi connectivity index (χ4n) is 4.56. The largest absolute Gasteiger partial charge is 0.489 e. The topological polar surface area (TPSA) is 50.8 Å². The Morgan fingerprint density at radius 2 is 1.96 bits per heavy atom. The van der Waals surface area contributed by atoms with Gasteiger partial charge in [0.05, 0.1) is 11.6 Å². The van der Waals surface area contributed by atoms with Crippen molar-refractivity contribution in [1.29, 1.82) is 0 Å². The standard InChI is InChI=1S/C22H31ClN2O3/c23-20-13-17(22(26)24-18-3-1-2-4-18)5-6-21(20)28-19-7-10-25(11-8-19)14-16-9-12-27-15-16/h5-6,13,16,18-19H,1-4,7-12,14-15H2,(H,24,26)/t16-/m0/s1. The second-order valence-corrected chi connectivity index (χ2v) is 8.85. The molecule has 1 amide bonds. The van der Waals surface area contributed by atoms with E-state index in [-0.39, 0.29) is 12.0 Å². The number of likely N-dealkylation sites (tertiary alicyclic amines) is 1. The van der Waals surface area contributed by atoms with Crippen molar-refractivity contribution in [2.24, 2.45) is 5.92 Å². The van der Waals surface area contributed by atoms with Crippen molar-refractivity contribution in [2.45, 2.75) is 57.1 Å². The first-order chi connectivity index (χ1) is 13.7. The quantitative estimate of drug-likeness (QED) is 0.778. The van der Waals surface area contributed by atoms with Crippen molar-refractivity contribution in [1.82, 2.24) is 10.2 Å². The highest BCUT2D eigenvalue weighted by atomic mass is 35.5. The summed E-state index contributed by atoms with van der Waals surface area (Å²) in [7, 11) is 0. The highest BCUT2D eigenvalue weighted by Crippen LogP contribution is 2.29. The lowest BCUT2D eigenvalue weighted by Gasteiger charge is -2.33. The minimum absolute atomic E-state index is 0.0375. The predicted molar refractivity (Wildman–Crippen MR) is 110 cm³/mol. The van der Waals surface area contributed by atoms with Gasteiger partial charge in [-0.3, -0.25) is 4.79 Å². The van der Waals surface area contributed by atoms with Gasteiger partial charge in [-0.2, -0.15) is 0 Å². The van der Waals surface area contributed by atoms with Gasteiger partial charge in [0.1, 0.15) is 11.9 Å². The second-order valence-electron chi connectivity index (χ2n) is 8.45. The number of amides is 1. The number of ether oxygens (including phenoxy) is 2. The van der Waals surface area contributed by atoms with Gasteiger partial charge in [-0.25, -0.2) is 0 Å². The zero-order valence-electron chi connectivity index (χ0n) is 16.5. The zero-order valence-corrected chi connectivity index (χ0v) is 17.3. The summed E-state index contributed by atoms with van der Waals surface area (Å²) in [5, 5.41) is 3.62. The number of rotatable bonds is 6. The van der Waals surface area contributed by atoms with E-state index in [4.69, 9.17) is 21.1 Å². The van der Waals surface area contributed by atoms with Gasteiger partial charge in [0.2, 0.25) is 0 Å². The Balaban J connectivity index is 1.26. The van der Waals surface area contributed by atoms with E-state index in [0.717, 1.165) is 58.5 Å². The molecule has 1 aromatic rings. The van der Waals surface area contributed by atoms with Gasteiger partial charge in [0.25, 0.3) is 5.91 Å². The molecule has 1 atom stereocenters. The van der Waals surface area contributed by atoms with Crippen LogP contribution in [0.25, 0.3) is 0 Å². The fraction of sp³-hybridized carbons (Fsp3) is 0.682. The number of nitrogens with zero attached hydrogens (tertiary/aromatic N) is 1. The zero-order chi connectivity index (χ0) is 19.3. The molecular formula is C22H31ClN2O3. The Morgan fingerprint density at radius 1 is 1.18 bits per heavy atom. The lowest BCUT2D eigenvalue weighted by atomic mass is 10.0. The van der Waals surface area contributed by atoms with Gasteiger partial charge >= 0.3 is 0 Å². The molecule has 0 spiro atoms. The van der Waals surface area contributed by atoms with Crippen LogP contribution in [0.15, 0.2) is 18.2 Å². The van der Waals surface area contributed by atoms with Crippen molar-refractivity contribution in [3.05, 3.63) is 28.8 Å². The molecule has 1 aromatic carbocycles. The molecule has 1 aliphatic carbocycles. The van der Waals surface area contributed by atoms with Crippen LogP contribution in [-0.4, -0.2) is 55.8 Å². The van der Waals surface area contributed by atoms with Crippen LogP contribution in [-0.2, 0) is 4.74 Å². The molecule has 6 heteroatoms. The van der Waals surface area contributed by atoms with Crippen LogP contribution < -0.4 is 10.1 Å². The number of halogens is 1. The average molecular weight is 407 g/mol. The van der Waals surface area contributed by atoms with E-state index in [2.05, 4.69) is 10.2 Å². The summed E-state index contributed by atoms with van der Waals surface area (Å²) in [6.45, 7) is 5.07. The third-order valence-corrected chi connectivity index (χ3v) is 6.55. The van der Waals surface area contributed by atoms with Crippen molar-refractivity contribution in [3.63, 3.8) is 0 Å². The molecule has 0 aromatic heterocycles. The van der Waals surface area contributed by atoms with E-state index in [9.17, 15) is 4.79 Å². The van der Waals surface area contributed by atoms with Crippen LogP contribution in [0, 0.1) is 5.92 Å². The third-order valence-electron chi connectivity index (χ3n) is 6.25. The van der Waals surface area contributed by atoms with Gasteiger partial charge in [-0.1, -0.05) is 24.4 Å². The van der Waals surface area contributed by atoms with Crippen molar-refractivity contribution >= 4 is 17.5 Å². The Kier molecular flexibility index (Phi) is 6.76. The van der Waals surface area contributed by atoms with Crippen molar-refractivity contribution in [2.75, 3.05) is 32.8 Å². The number of nitrogens with one attached hydrogen (secondary N) is 1. The van der Waals surface area contributed by atoms with E-state index in [1.54, 1.807) is 6.07 Å². The van der Waals surface area contributed by atoms with E-state index in [0.29, 0.717) is 28.3 Å². The van der Waals surface area contributed by atoms with Gasteiger partial charge < -0.3 is 19.7 Å². The normalized spacial score (nSPS) is 24.5. The molecule has 3 fully saturated rings. The first kappa shape index (κ1) is 20.0. The smallest absolute Gasteiger partial charge is 0.251 e. The molecule has 3 aliphatic rings. The average Bonchev–Trinajstić information content (AvgIpc) is 3.39. The Labute approximate surface area is 172 Å². The molecule has 1 N–H and O–H groups in total. The Hall–Kier alpha value is -1.30. The number of piperidine rings is 1. The number of carbonyl (C=O) groups excluding carboxylic acids is 1. The first-order valence-electron chi connectivity index (χ1n) is 10.7. The minimum atomic E-state index is -0.0375. The molecule has 5 nitrogen and oxygen atoms in total. The molecule has 4 rings (SSSR count). The minimum Gasteiger partial charge on any atom is -0.489 e. The maximum absolute atomic E-state index is 12.4. The van der Waals surface area contributed by atoms with Crippen molar-refractivity contribution < 1.29 is 14.3 Å². The summed E-state index contributed by atoms with van der Waals surface area (Å²) in [5.74, 6) is 1.33. The van der Waals surface area contributed by atoms with Crippen LogP contribution in [0.3, 0.4) is 0 Å². The van der Waals surface area contributed by atoms with E-state index in [1.165, 1.54) is 19.3 Å². The summed E-state index contributed by atoms with van der Waals surface area (Å²) < 4.78 is 11.6. The summed E-state index contributed by atoms with van der Waals surface area (Å²) in [6.07, 6.45) is 7.94. The van der Waals surface area contributed by atoms with Gasteiger partial charge in [-0.15, -0.1) is 0 Å². The molecule has 28 heavy (non-hydrogen) atoms. The summed E-state index contributed by atoms with van der Waals surface area (Å²) in [6, 6.07) is 5.70. The lowest BCUT2D eigenvalue weighted by molar-refractivity contribution is 0.0880. The molecule has 1 saturated carbocycles. The van der Waals surface area contributed by atoms with Crippen LogP contribution in [0.5, 0.6) is 5.75 Å². The van der Waals surface area contributed by atoms with Gasteiger partial charge in [0.15, 0.2) is 0 Å². The maximum atomic E-state index is 12.4. The SMILES string of the molecule is O=C(NC1CCCC1)c1ccc(OC2CCN(C[C@@H]3CCOC3)CC2)c(Cl)c1. The van der Waals surface area contributed by atoms with Gasteiger partial charge in [-0.05, 0) is 56.2 Å². The highest BCUT2D eigenvalue weighted by Gasteiger charge is 2.25. The molecule has 154 valence electrons. The van der Waals surface area contributed by atoms with Gasteiger partial charge in [0, 0.05) is 37.8 Å². The van der Waals surface area contributed by atoms with E-state index >= 15 is 0 Å². The molecule has 2 aliphatic heterocycles. The Bertz CT molecular complexity index is 664. The predicted octanol–water partition coefficient (Wildman–Crippen LogP) is 3.89. The molecule has 2 saturated heterocycles. The van der Waals surface area contributed by atoms with Crippen LogP contribution in [0.1, 0.15) is 55.3 Å². The van der Waals surface area contributed by atoms with Crippen molar-refractivity contribution in [3.8, 4) is 5.75 Å². The monoisotopic (exact) mass is 406 g/mol. The second kappa shape index (κ2) is 9.47. The van der Waals surface area contributed by atoms with Crippen LogP contribution in [0.4, 0.5) is 0 Å². The molecular weight excluding hydrogens is 376 g/mol. The third kappa shape index (κ3) is 5.19. The summed E-state index contributed by atoms with van der Waals surface area (Å²) in [4.78, 5) is 14.9. The maximum Gasteiger partial charge on any atom is 0.251 e. The summed E-state index contributed by atoms with van der Waals surface area (Å²) >= 11 is 6.42. The van der Waals surface area contributed by atoms with Crippen LogP contribution >= 0.6 is 11.6 Å². The number of carbonyl (C=O) groups is 1. The Morgan fingerprint density at radius 3 is 2.64 bits per heavy atom. The highest BCUT2D eigenvalue weighted by molar-refractivity contribution is 6.32. The molecule has 0 unspecified atom stereocenters. The molecule has 2 heterocycles. The fourth-order valence-corrected chi connectivity index (χ4v) is 4.78. The van der Waals surface area contributed by atoms with E-state index < -0.39 is 0 Å². The number of hydrogen-bond acceptors (Lipinski definition) is 4. The summed E-state index contributed by atoms with van der Waals surface area (Å²) in [5.41, 5.74) is 0.609. The number of benzene rings is 1. The molecule has 0 bridgehead atoms. The van der Waals surface area contributed by atoms with E-state index in [1.807, 2.05) is 12.1 Å². The number of hydrogen-bond donors (Lipinski definition) is 1.